The number of aromatic nitrogens is 1. The van der Waals surface area contributed by atoms with Gasteiger partial charge >= 0.3 is 6.18 Å². The Kier molecular flexibility index (Phi) is 6.72. The van der Waals surface area contributed by atoms with Crippen molar-refractivity contribution in [1.29, 1.82) is 0 Å². The van der Waals surface area contributed by atoms with Gasteiger partial charge in [-0.3, -0.25) is 19.3 Å². The summed E-state index contributed by atoms with van der Waals surface area (Å²) in [4.78, 5) is 45.8. The van der Waals surface area contributed by atoms with Crippen LogP contribution in [0.15, 0.2) is 36.5 Å². The Morgan fingerprint density at radius 2 is 1.83 bits per heavy atom. The van der Waals surface area contributed by atoms with Gasteiger partial charge in [0, 0.05) is 32.8 Å². The van der Waals surface area contributed by atoms with Gasteiger partial charge in [-0.15, -0.1) is 0 Å². The lowest BCUT2D eigenvalue weighted by Gasteiger charge is -2.45. The lowest BCUT2D eigenvalue weighted by Crippen LogP contribution is -2.62. The molecule has 2 aliphatic rings. The zero-order valence-electron chi connectivity index (χ0n) is 18.6. The van der Waals surface area contributed by atoms with Gasteiger partial charge in [0.2, 0.25) is 11.8 Å². The number of rotatable bonds is 5. The molecule has 1 aromatic heterocycles. The number of anilines is 1. The zero-order valence-corrected chi connectivity index (χ0v) is 19.3. The van der Waals surface area contributed by atoms with Crippen LogP contribution in [0.1, 0.15) is 24.5 Å². The van der Waals surface area contributed by atoms with Crippen LogP contribution in [0.25, 0.3) is 0 Å². The SMILES string of the molecule is CC(=O)N1CC(CC2C(=O)N(c3ncc(Cl)cc3F)CC(=O)N2Cc2ccc(C(F)(F)F)cc2)C1. The van der Waals surface area contributed by atoms with E-state index < -0.39 is 42.0 Å². The molecular formula is C23H21ClF4N4O3. The number of halogens is 5. The van der Waals surface area contributed by atoms with Crippen LogP contribution >= 0.6 is 11.6 Å². The molecule has 3 amide bonds. The quantitative estimate of drug-likeness (QED) is 0.575. The van der Waals surface area contributed by atoms with Gasteiger partial charge in [0.05, 0.1) is 10.6 Å². The fraction of sp³-hybridized carbons (Fsp3) is 0.391. The first kappa shape index (κ1) is 24.9. The number of likely N-dealkylation sites (tertiary alicyclic amines) is 1. The first-order chi connectivity index (χ1) is 16.4. The molecule has 0 radical (unpaired) electrons. The second kappa shape index (κ2) is 9.44. The lowest BCUT2D eigenvalue weighted by molar-refractivity contribution is -0.146. The van der Waals surface area contributed by atoms with E-state index in [9.17, 15) is 31.9 Å². The van der Waals surface area contributed by atoms with E-state index in [0.29, 0.717) is 18.7 Å². The molecule has 186 valence electrons. The predicted octanol–water partition coefficient (Wildman–Crippen LogP) is 3.51. The third-order valence-electron chi connectivity index (χ3n) is 6.18. The molecule has 0 N–H and O–H groups in total. The van der Waals surface area contributed by atoms with Gasteiger partial charge in [-0.25, -0.2) is 9.37 Å². The average molecular weight is 513 g/mol. The summed E-state index contributed by atoms with van der Waals surface area (Å²) in [5, 5.41) is 0.0290. The molecular weight excluding hydrogens is 492 g/mol. The Bertz CT molecular complexity index is 1150. The van der Waals surface area contributed by atoms with Crippen molar-refractivity contribution < 1.29 is 31.9 Å². The zero-order chi connectivity index (χ0) is 25.5. The van der Waals surface area contributed by atoms with E-state index in [1.165, 1.54) is 24.0 Å². The van der Waals surface area contributed by atoms with Crippen LogP contribution < -0.4 is 4.90 Å². The maximum atomic E-state index is 14.5. The summed E-state index contributed by atoms with van der Waals surface area (Å²) in [6.07, 6.45) is -3.13. The highest BCUT2D eigenvalue weighted by Gasteiger charge is 2.44. The Labute approximate surface area is 203 Å². The summed E-state index contributed by atoms with van der Waals surface area (Å²) in [6.45, 7) is 1.68. The number of alkyl halides is 3. The van der Waals surface area contributed by atoms with Crippen LogP contribution in [0, 0.1) is 11.7 Å². The topological polar surface area (TPSA) is 73.8 Å². The van der Waals surface area contributed by atoms with Crippen molar-refractivity contribution in [2.24, 2.45) is 5.92 Å². The van der Waals surface area contributed by atoms with Crippen molar-refractivity contribution in [2.75, 3.05) is 24.5 Å². The Morgan fingerprint density at radius 3 is 2.40 bits per heavy atom. The number of amides is 3. The monoisotopic (exact) mass is 512 g/mol. The highest BCUT2D eigenvalue weighted by Crippen LogP contribution is 2.32. The predicted molar refractivity (Wildman–Crippen MR) is 118 cm³/mol. The number of nitrogens with zero attached hydrogens (tertiary/aromatic N) is 4. The van der Waals surface area contributed by atoms with Crippen molar-refractivity contribution in [1.82, 2.24) is 14.8 Å². The summed E-state index contributed by atoms with van der Waals surface area (Å²) in [6, 6.07) is 4.32. The maximum absolute atomic E-state index is 14.5. The Hall–Kier alpha value is -3.21. The molecule has 0 aliphatic carbocycles. The Morgan fingerprint density at radius 1 is 1.17 bits per heavy atom. The molecule has 12 heteroatoms. The van der Waals surface area contributed by atoms with Crippen molar-refractivity contribution >= 4 is 35.1 Å². The van der Waals surface area contributed by atoms with E-state index in [-0.39, 0.29) is 35.6 Å². The fourth-order valence-electron chi connectivity index (χ4n) is 4.29. The average Bonchev–Trinajstić information content (AvgIpc) is 2.74. The van der Waals surface area contributed by atoms with Crippen LogP contribution in [0.2, 0.25) is 5.02 Å². The molecule has 0 spiro atoms. The van der Waals surface area contributed by atoms with E-state index in [2.05, 4.69) is 4.98 Å². The largest absolute Gasteiger partial charge is 0.416 e. The van der Waals surface area contributed by atoms with Gasteiger partial charge in [-0.2, -0.15) is 13.2 Å². The number of carbonyl (C=O) groups is 3. The van der Waals surface area contributed by atoms with Crippen molar-refractivity contribution in [3.63, 3.8) is 0 Å². The van der Waals surface area contributed by atoms with Crippen LogP contribution in [0.3, 0.4) is 0 Å². The van der Waals surface area contributed by atoms with Gasteiger partial charge in [-0.1, -0.05) is 23.7 Å². The second-order valence-corrected chi connectivity index (χ2v) is 9.08. The van der Waals surface area contributed by atoms with Gasteiger partial charge < -0.3 is 9.80 Å². The molecule has 0 bridgehead atoms. The molecule has 7 nitrogen and oxygen atoms in total. The van der Waals surface area contributed by atoms with E-state index in [4.69, 9.17) is 11.6 Å². The Balaban J connectivity index is 1.59. The number of benzene rings is 1. The van der Waals surface area contributed by atoms with Gasteiger partial charge in [-0.05, 0) is 36.1 Å². The second-order valence-electron chi connectivity index (χ2n) is 8.64. The minimum absolute atomic E-state index is 0.0290. The molecule has 2 aliphatic heterocycles. The number of carbonyl (C=O) groups excluding carboxylic acids is 3. The maximum Gasteiger partial charge on any atom is 0.416 e. The van der Waals surface area contributed by atoms with Crippen molar-refractivity contribution in [3.05, 3.63) is 58.5 Å². The van der Waals surface area contributed by atoms with Crippen LogP contribution in [-0.4, -0.2) is 58.2 Å². The van der Waals surface area contributed by atoms with Crippen LogP contribution in [-0.2, 0) is 27.1 Å². The first-order valence-electron chi connectivity index (χ1n) is 10.8. The minimum atomic E-state index is -4.50. The smallest absolute Gasteiger partial charge is 0.342 e. The van der Waals surface area contributed by atoms with Gasteiger partial charge in [0.1, 0.15) is 12.6 Å². The van der Waals surface area contributed by atoms with Crippen molar-refractivity contribution in [3.8, 4) is 0 Å². The highest BCUT2D eigenvalue weighted by atomic mass is 35.5. The third-order valence-corrected chi connectivity index (χ3v) is 6.39. The first-order valence-corrected chi connectivity index (χ1v) is 11.2. The normalized spacial score (nSPS) is 19.3. The number of pyridine rings is 1. The number of hydrogen-bond acceptors (Lipinski definition) is 4. The van der Waals surface area contributed by atoms with E-state index in [1.807, 2.05) is 0 Å². The minimum Gasteiger partial charge on any atom is -0.342 e. The highest BCUT2D eigenvalue weighted by molar-refractivity contribution is 6.30. The summed E-state index contributed by atoms with van der Waals surface area (Å²) < 4.78 is 53.2. The fourth-order valence-corrected chi connectivity index (χ4v) is 4.43. The molecule has 0 saturated carbocycles. The molecule has 1 atom stereocenters. The molecule has 1 aromatic carbocycles. The summed E-state index contributed by atoms with van der Waals surface area (Å²) in [7, 11) is 0. The van der Waals surface area contributed by atoms with Crippen molar-refractivity contribution in [2.45, 2.75) is 32.1 Å². The van der Waals surface area contributed by atoms with Crippen LogP contribution in [0.4, 0.5) is 23.4 Å². The molecule has 2 fully saturated rings. The molecule has 35 heavy (non-hydrogen) atoms. The molecule has 1 unspecified atom stereocenters. The van der Waals surface area contributed by atoms with Crippen LogP contribution in [0.5, 0.6) is 0 Å². The molecule has 3 heterocycles. The standard InChI is InChI=1S/C23H21ClF4N4O3/c1-13(33)30-9-15(10-30)6-19-22(35)32(21-18(25)7-17(24)8-29-21)12-20(34)31(19)11-14-2-4-16(5-3-14)23(26,27)28/h2-5,7-8,15,19H,6,9-12H2,1H3. The van der Waals surface area contributed by atoms with E-state index >= 15 is 0 Å². The number of piperazine rings is 1. The van der Waals surface area contributed by atoms with Gasteiger partial charge in [0.15, 0.2) is 11.6 Å². The number of hydrogen-bond donors (Lipinski definition) is 0. The van der Waals surface area contributed by atoms with E-state index in [1.54, 1.807) is 4.90 Å². The summed E-state index contributed by atoms with van der Waals surface area (Å²) >= 11 is 5.75. The van der Waals surface area contributed by atoms with E-state index in [0.717, 1.165) is 29.3 Å². The third kappa shape index (κ3) is 5.24. The molecule has 4 rings (SSSR count). The van der Waals surface area contributed by atoms with Gasteiger partial charge in [0.25, 0.3) is 5.91 Å². The molecule has 2 saturated heterocycles. The molecule has 2 aromatic rings. The summed E-state index contributed by atoms with van der Waals surface area (Å²) in [5.41, 5.74) is -0.416. The summed E-state index contributed by atoms with van der Waals surface area (Å²) in [5.74, 6) is -2.44. The lowest BCUT2D eigenvalue weighted by atomic mass is 9.89.